The molecule has 3 aromatic rings. The van der Waals surface area contributed by atoms with Crippen LogP contribution in [0.5, 0.6) is 5.75 Å². The lowest BCUT2D eigenvalue weighted by Crippen LogP contribution is -2.50. The molecular weight excluding hydrogens is 344 g/mol. The van der Waals surface area contributed by atoms with Gasteiger partial charge in [0.1, 0.15) is 16.9 Å². The van der Waals surface area contributed by atoms with Gasteiger partial charge in [0.05, 0.1) is 31.5 Å². The number of fused-ring (bicyclic) bond motifs is 3. The lowest BCUT2D eigenvalue weighted by atomic mass is 10.1. The Morgan fingerprint density at radius 1 is 1.26 bits per heavy atom. The highest BCUT2D eigenvalue weighted by molar-refractivity contribution is 6.08. The molecule has 27 heavy (non-hydrogen) atoms. The van der Waals surface area contributed by atoms with E-state index in [-0.39, 0.29) is 18.1 Å². The highest BCUT2D eigenvalue weighted by Crippen LogP contribution is 2.36. The fourth-order valence-electron chi connectivity index (χ4n) is 3.62. The standard InChI is InChI=1S/C21H24N2O4/c1-13-12-23(8-9-26-13)14(2)21(24)22-17-11-19-16(10-20(17)25-3)15-6-4-5-7-18(15)27-19/h4-7,10-11,13-14H,8-9,12H2,1-3H3,(H,22,24). The van der Waals surface area contributed by atoms with Crippen molar-refractivity contribution in [2.45, 2.75) is 26.0 Å². The smallest absolute Gasteiger partial charge is 0.241 e. The van der Waals surface area contributed by atoms with Crippen molar-refractivity contribution in [3.8, 4) is 5.75 Å². The van der Waals surface area contributed by atoms with Gasteiger partial charge in [-0.3, -0.25) is 9.69 Å². The van der Waals surface area contributed by atoms with E-state index in [2.05, 4.69) is 10.2 Å². The van der Waals surface area contributed by atoms with Gasteiger partial charge in [-0.2, -0.15) is 0 Å². The summed E-state index contributed by atoms with van der Waals surface area (Å²) in [6.07, 6.45) is 0.135. The number of amides is 1. The van der Waals surface area contributed by atoms with Gasteiger partial charge in [-0.1, -0.05) is 18.2 Å². The summed E-state index contributed by atoms with van der Waals surface area (Å²) in [6.45, 7) is 6.08. The fraction of sp³-hybridized carbons (Fsp3) is 0.381. The molecule has 2 unspecified atom stereocenters. The number of anilines is 1. The second-order valence-electron chi connectivity index (χ2n) is 6.99. The average molecular weight is 368 g/mol. The van der Waals surface area contributed by atoms with E-state index < -0.39 is 0 Å². The molecular formula is C21H24N2O4. The summed E-state index contributed by atoms with van der Waals surface area (Å²) < 4.78 is 17.0. The number of benzene rings is 2. The first-order chi connectivity index (χ1) is 13.1. The number of ether oxygens (including phenoxy) is 2. The summed E-state index contributed by atoms with van der Waals surface area (Å²) in [4.78, 5) is 14.9. The number of methoxy groups -OCH3 is 1. The van der Waals surface area contributed by atoms with Crippen molar-refractivity contribution in [2.75, 3.05) is 32.1 Å². The number of hydrogen-bond acceptors (Lipinski definition) is 5. The van der Waals surface area contributed by atoms with E-state index in [1.807, 2.05) is 50.2 Å². The molecule has 2 heterocycles. The molecule has 6 nitrogen and oxygen atoms in total. The molecule has 1 saturated heterocycles. The number of furan rings is 1. The number of morpholine rings is 1. The Bertz CT molecular complexity index is 981. The summed E-state index contributed by atoms with van der Waals surface area (Å²) >= 11 is 0. The van der Waals surface area contributed by atoms with Crippen LogP contribution in [0.3, 0.4) is 0 Å². The van der Waals surface area contributed by atoms with E-state index in [0.29, 0.717) is 18.0 Å². The molecule has 0 aliphatic carbocycles. The quantitative estimate of drug-likeness (QED) is 0.762. The van der Waals surface area contributed by atoms with Gasteiger partial charge in [0, 0.05) is 29.9 Å². The van der Waals surface area contributed by atoms with Crippen LogP contribution in [-0.2, 0) is 9.53 Å². The molecule has 4 rings (SSSR count). The monoisotopic (exact) mass is 368 g/mol. The number of nitrogens with zero attached hydrogens (tertiary/aromatic N) is 1. The van der Waals surface area contributed by atoms with Crippen LogP contribution in [-0.4, -0.2) is 49.8 Å². The Morgan fingerprint density at radius 2 is 2.07 bits per heavy atom. The maximum atomic E-state index is 12.8. The highest BCUT2D eigenvalue weighted by Gasteiger charge is 2.26. The maximum Gasteiger partial charge on any atom is 0.241 e. The third kappa shape index (κ3) is 3.38. The molecule has 1 aliphatic rings. The minimum Gasteiger partial charge on any atom is -0.495 e. The second kappa shape index (κ2) is 7.21. The van der Waals surface area contributed by atoms with Gasteiger partial charge in [0.15, 0.2) is 0 Å². The van der Waals surface area contributed by atoms with E-state index in [4.69, 9.17) is 13.9 Å². The van der Waals surface area contributed by atoms with E-state index in [1.165, 1.54) is 0 Å². The van der Waals surface area contributed by atoms with Crippen molar-refractivity contribution in [2.24, 2.45) is 0 Å². The first kappa shape index (κ1) is 17.8. The zero-order valence-corrected chi connectivity index (χ0v) is 15.8. The fourth-order valence-corrected chi connectivity index (χ4v) is 3.62. The SMILES string of the molecule is COc1cc2c(cc1NC(=O)C(C)N1CCOC(C)C1)oc1ccccc12. The molecule has 1 aliphatic heterocycles. The van der Waals surface area contributed by atoms with E-state index >= 15 is 0 Å². The summed E-state index contributed by atoms with van der Waals surface area (Å²) in [5.74, 6) is 0.544. The summed E-state index contributed by atoms with van der Waals surface area (Å²) in [5.41, 5.74) is 2.15. The van der Waals surface area contributed by atoms with Crippen LogP contribution >= 0.6 is 0 Å². The molecule has 1 amide bonds. The molecule has 0 saturated carbocycles. The van der Waals surface area contributed by atoms with Gasteiger partial charge in [0.25, 0.3) is 0 Å². The normalized spacial score (nSPS) is 19.3. The van der Waals surface area contributed by atoms with Gasteiger partial charge in [-0.25, -0.2) is 0 Å². The Morgan fingerprint density at radius 3 is 2.85 bits per heavy atom. The minimum atomic E-state index is -0.257. The molecule has 0 radical (unpaired) electrons. The van der Waals surface area contributed by atoms with E-state index in [1.54, 1.807) is 7.11 Å². The highest BCUT2D eigenvalue weighted by atomic mass is 16.5. The van der Waals surface area contributed by atoms with E-state index in [9.17, 15) is 4.79 Å². The zero-order chi connectivity index (χ0) is 19.0. The number of carbonyl (C=O) groups is 1. The maximum absolute atomic E-state index is 12.8. The van der Waals surface area contributed by atoms with Crippen molar-refractivity contribution >= 4 is 33.5 Å². The number of nitrogens with one attached hydrogen (secondary N) is 1. The van der Waals surface area contributed by atoms with Crippen molar-refractivity contribution < 1.29 is 18.7 Å². The van der Waals surface area contributed by atoms with Crippen LogP contribution < -0.4 is 10.1 Å². The van der Waals surface area contributed by atoms with Crippen LogP contribution in [0.4, 0.5) is 5.69 Å². The van der Waals surface area contributed by atoms with Crippen LogP contribution in [0.2, 0.25) is 0 Å². The van der Waals surface area contributed by atoms with Crippen LogP contribution in [0.1, 0.15) is 13.8 Å². The molecule has 2 aromatic carbocycles. The van der Waals surface area contributed by atoms with Gasteiger partial charge in [0.2, 0.25) is 5.91 Å². The third-order valence-electron chi connectivity index (χ3n) is 5.16. The average Bonchev–Trinajstić information content (AvgIpc) is 3.04. The number of hydrogen-bond donors (Lipinski definition) is 1. The predicted octanol–water partition coefficient (Wildman–Crippen LogP) is 3.64. The van der Waals surface area contributed by atoms with Crippen molar-refractivity contribution in [1.29, 1.82) is 0 Å². The van der Waals surface area contributed by atoms with Crippen molar-refractivity contribution in [1.82, 2.24) is 4.90 Å². The lowest BCUT2D eigenvalue weighted by Gasteiger charge is -2.34. The van der Waals surface area contributed by atoms with E-state index in [0.717, 1.165) is 35.0 Å². The lowest BCUT2D eigenvalue weighted by molar-refractivity contribution is -0.123. The van der Waals surface area contributed by atoms with Gasteiger partial charge in [-0.05, 0) is 26.0 Å². The van der Waals surface area contributed by atoms with Gasteiger partial charge < -0.3 is 19.2 Å². The molecule has 2 atom stereocenters. The predicted molar refractivity (Wildman–Crippen MR) is 105 cm³/mol. The Kier molecular flexibility index (Phi) is 4.76. The molecule has 0 bridgehead atoms. The third-order valence-corrected chi connectivity index (χ3v) is 5.16. The minimum absolute atomic E-state index is 0.0714. The molecule has 142 valence electrons. The summed E-state index contributed by atoms with van der Waals surface area (Å²) in [7, 11) is 1.60. The summed E-state index contributed by atoms with van der Waals surface area (Å²) in [5, 5.41) is 5.00. The molecule has 1 aromatic heterocycles. The summed E-state index contributed by atoms with van der Waals surface area (Å²) in [6, 6.07) is 11.4. The van der Waals surface area contributed by atoms with Crippen LogP contribution in [0, 0.1) is 0 Å². The Balaban J connectivity index is 1.62. The van der Waals surface area contributed by atoms with Gasteiger partial charge >= 0.3 is 0 Å². The first-order valence-electron chi connectivity index (χ1n) is 9.22. The van der Waals surface area contributed by atoms with Crippen LogP contribution in [0.25, 0.3) is 21.9 Å². The number of rotatable bonds is 4. The Hall–Kier alpha value is -2.57. The van der Waals surface area contributed by atoms with Crippen molar-refractivity contribution in [3.05, 3.63) is 36.4 Å². The number of para-hydroxylation sites is 1. The zero-order valence-electron chi connectivity index (χ0n) is 15.8. The Labute approximate surface area is 158 Å². The molecule has 0 spiro atoms. The second-order valence-corrected chi connectivity index (χ2v) is 6.99. The largest absolute Gasteiger partial charge is 0.495 e. The van der Waals surface area contributed by atoms with Crippen LogP contribution in [0.15, 0.2) is 40.8 Å². The topological polar surface area (TPSA) is 63.9 Å². The van der Waals surface area contributed by atoms with Crippen molar-refractivity contribution in [3.63, 3.8) is 0 Å². The number of carbonyl (C=O) groups excluding carboxylic acids is 1. The first-order valence-corrected chi connectivity index (χ1v) is 9.22. The molecule has 1 fully saturated rings. The molecule has 1 N–H and O–H groups in total. The van der Waals surface area contributed by atoms with Gasteiger partial charge in [-0.15, -0.1) is 0 Å². The molecule has 6 heteroatoms.